The molecular formula is C25H34N4O3S. The monoisotopic (exact) mass is 470 g/mol. The Bertz CT molecular complexity index is 984. The Morgan fingerprint density at radius 2 is 1.85 bits per heavy atom. The predicted octanol–water partition coefficient (Wildman–Crippen LogP) is 4.58. The summed E-state index contributed by atoms with van der Waals surface area (Å²) >= 11 is 5.32. The molecule has 2 aromatic rings. The van der Waals surface area contributed by atoms with Crippen LogP contribution in [0.4, 0.5) is 5.69 Å². The van der Waals surface area contributed by atoms with Crippen LogP contribution in [0.25, 0.3) is 0 Å². The van der Waals surface area contributed by atoms with E-state index in [1.165, 1.54) is 0 Å². The standard InChI is InChI=1S/C25H34N4O3S/c1-7-8-11-26-25(33)29(5)27-15-20-9-10-21(22(14-20)31-6)32-16-23(30)28-24-18(3)12-17(2)13-19(24)4/h9-10,12-15H,7-8,11,16H2,1-6H3,(H,26,33)(H,28,30). The van der Waals surface area contributed by atoms with Gasteiger partial charge in [0.25, 0.3) is 5.91 Å². The van der Waals surface area contributed by atoms with Gasteiger partial charge in [-0.15, -0.1) is 0 Å². The summed E-state index contributed by atoms with van der Waals surface area (Å²) in [7, 11) is 3.35. The Morgan fingerprint density at radius 3 is 2.48 bits per heavy atom. The zero-order valence-electron chi connectivity index (χ0n) is 20.3. The fourth-order valence-electron chi connectivity index (χ4n) is 3.27. The molecule has 0 aliphatic carbocycles. The highest BCUT2D eigenvalue weighted by Gasteiger charge is 2.11. The number of hydrazone groups is 1. The second kappa shape index (κ2) is 12.8. The number of anilines is 1. The highest BCUT2D eigenvalue weighted by Crippen LogP contribution is 2.28. The van der Waals surface area contributed by atoms with E-state index in [0.717, 1.165) is 47.3 Å². The van der Waals surface area contributed by atoms with E-state index in [4.69, 9.17) is 21.7 Å². The Balaban J connectivity index is 1.98. The molecule has 0 aromatic heterocycles. The lowest BCUT2D eigenvalue weighted by Gasteiger charge is -2.16. The van der Waals surface area contributed by atoms with Crippen molar-refractivity contribution >= 4 is 35.1 Å². The molecule has 0 aliphatic heterocycles. The van der Waals surface area contributed by atoms with Crippen molar-refractivity contribution in [1.82, 2.24) is 10.3 Å². The van der Waals surface area contributed by atoms with Crippen LogP contribution in [-0.2, 0) is 4.79 Å². The molecule has 1 amide bonds. The van der Waals surface area contributed by atoms with Crippen LogP contribution < -0.4 is 20.1 Å². The number of hydrogen-bond donors (Lipinski definition) is 2. The van der Waals surface area contributed by atoms with Crippen molar-refractivity contribution in [2.45, 2.75) is 40.5 Å². The van der Waals surface area contributed by atoms with Gasteiger partial charge < -0.3 is 20.1 Å². The van der Waals surface area contributed by atoms with Gasteiger partial charge in [0, 0.05) is 19.3 Å². The average molecular weight is 471 g/mol. The number of nitrogens with one attached hydrogen (secondary N) is 2. The molecule has 0 saturated heterocycles. The number of carbonyl (C=O) groups is 1. The molecule has 0 bridgehead atoms. The summed E-state index contributed by atoms with van der Waals surface area (Å²) in [5.74, 6) is 0.761. The van der Waals surface area contributed by atoms with Gasteiger partial charge in [-0.05, 0) is 74.3 Å². The summed E-state index contributed by atoms with van der Waals surface area (Å²) in [5.41, 5.74) is 4.84. The molecule has 8 heteroatoms. The van der Waals surface area contributed by atoms with Crippen molar-refractivity contribution in [3.63, 3.8) is 0 Å². The minimum atomic E-state index is -0.233. The molecule has 0 saturated carbocycles. The number of ether oxygens (including phenoxy) is 2. The van der Waals surface area contributed by atoms with E-state index in [2.05, 4.69) is 22.7 Å². The molecule has 178 valence electrons. The van der Waals surface area contributed by atoms with Crippen LogP contribution in [0.2, 0.25) is 0 Å². The topological polar surface area (TPSA) is 75.2 Å². The molecule has 2 N–H and O–H groups in total. The van der Waals surface area contributed by atoms with Gasteiger partial charge in [-0.2, -0.15) is 5.10 Å². The number of rotatable bonds is 10. The van der Waals surface area contributed by atoms with E-state index in [-0.39, 0.29) is 12.5 Å². The van der Waals surface area contributed by atoms with Gasteiger partial charge in [-0.3, -0.25) is 4.79 Å². The van der Waals surface area contributed by atoms with Crippen molar-refractivity contribution < 1.29 is 14.3 Å². The van der Waals surface area contributed by atoms with Crippen molar-refractivity contribution in [2.75, 3.05) is 32.6 Å². The smallest absolute Gasteiger partial charge is 0.262 e. The van der Waals surface area contributed by atoms with E-state index in [9.17, 15) is 4.79 Å². The van der Waals surface area contributed by atoms with Crippen LogP contribution in [-0.4, -0.2) is 49.6 Å². The molecule has 2 rings (SSSR count). The molecule has 0 aliphatic rings. The number of nitrogens with zero attached hydrogens (tertiary/aromatic N) is 2. The summed E-state index contributed by atoms with van der Waals surface area (Å²) in [4.78, 5) is 12.5. The van der Waals surface area contributed by atoms with Gasteiger partial charge in [-0.25, -0.2) is 5.01 Å². The zero-order chi connectivity index (χ0) is 24.4. The van der Waals surface area contributed by atoms with E-state index in [1.807, 2.05) is 39.0 Å². The van der Waals surface area contributed by atoms with Crippen LogP contribution in [0.3, 0.4) is 0 Å². The van der Waals surface area contributed by atoms with Crippen LogP contribution in [0.15, 0.2) is 35.4 Å². The molecule has 0 spiro atoms. The summed E-state index contributed by atoms with van der Waals surface area (Å²) < 4.78 is 11.2. The summed E-state index contributed by atoms with van der Waals surface area (Å²) in [6.07, 6.45) is 3.85. The number of amides is 1. The highest BCUT2D eigenvalue weighted by molar-refractivity contribution is 7.80. The summed E-state index contributed by atoms with van der Waals surface area (Å²) in [5, 5.41) is 12.6. The summed E-state index contributed by atoms with van der Waals surface area (Å²) in [6, 6.07) is 9.48. The third kappa shape index (κ3) is 8.05. The van der Waals surface area contributed by atoms with E-state index in [0.29, 0.717) is 16.6 Å². The first kappa shape index (κ1) is 26.1. The lowest BCUT2D eigenvalue weighted by atomic mass is 10.1. The largest absolute Gasteiger partial charge is 0.493 e. The first-order valence-electron chi connectivity index (χ1n) is 11.0. The second-order valence-corrected chi connectivity index (χ2v) is 8.26. The molecule has 0 fully saturated rings. The number of methoxy groups -OCH3 is 1. The SMILES string of the molecule is CCCCNC(=S)N(C)N=Cc1ccc(OCC(=O)Nc2c(C)cc(C)cc2C)c(OC)c1. The minimum absolute atomic E-state index is 0.128. The molecule has 0 atom stereocenters. The maximum absolute atomic E-state index is 12.5. The highest BCUT2D eigenvalue weighted by atomic mass is 32.1. The predicted molar refractivity (Wildman–Crippen MR) is 139 cm³/mol. The van der Waals surface area contributed by atoms with Crippen LogP contribution in [0.1, 0.15) is 42.0 Å². The minimum Gasteiger partial charge on any atom is -0.493 e. The number of benzene rings is 2. The van der Waals surface area contributed by atoms with Gasteiger partial charge in [0.2, 0.25) is 0 Å². The van der Waals surface area contributed by atoms with E-state index >= 15 is 0 Å². The zero-order valence-corrected chi connectivity index (χ0v) is 21.1. The lowest BCUT2D eigenvalue weighted by molar-refractivity contribution is -0.118. The molecule has 7 nitrogen and oxygen atoms in total. The number of aryl methyl sites for hydroxylation is 3. The van der Waals surface area contributed by atoms with Crippen molar-refractivity contribution in [2.24, 2.45) is 5.10 Å². The Morgan fingerprint density at radius 1 is 1.15 bits per heavy atom. The average Bonchev–Trinajstić information content (AvgIpc) is 2.78. The lowest BCUT2D eigenvalue weighted by Crippen LogP contribution is -2.34. The van der Waals surface area contributed by atoms with Crippen LogP contribution in [0.5, 0.6) is 11.5 Å². The Hall–Kier alpha value is -3.13. The molecule has 2 aromatic carbocycles. The van der Waals surface area contributed by atoms with Crippen LogP contribution in [0, 0.1) is 20.8 Å². The van der Waals surface area contributed by atoms with Gasteiger partial charge in [0.05, 0.1) is 13.3 Å². The van der Waals surface area contributed by atoms with Crippen molar-refractivity contribution in [1.29, 1.82) is 0 Å². The molecule has 0 heterocycles. The van der Waals surface area contributed by atoms with Crippen molar-refractivity contribution in [3.05, 3.63) is 52.6 Å². The maximum atomic E-state index is 12.5. The fourth-order valence-corrected chi connectivity index (χ4v) is 3.42. The number of hydrogen-bond acceptors (Lipinski definition) is 5. The number of thiocarbonyl (C=S) groups is 1. The van der Waals surface area contributed by atoms with Gasteiger partial charge in [-0.1, -0.05) is 31.0 Å². The fraction of sp³-hybridized carbons (Fsp3) is 0.400. The first-order chi connectivity index (χ1) is 15.7. The Kier molecular flexibility index (Phi) is 10.1. The quantitative estimate of drug-likeness (QED) is 0.229. The molecule has 33 heavy (non-hydrogen) atoms. The number of unbranched alkanes of at least 4 members (excludes halogenated alkanes) is 1. The Labute approximate surface area is 202 Å². The molecule has 0 radical (unpaired) electrons. The van der Waals surface area contributed by atoms with Gasteiger partial charge in [0.15, 0.2) is 23.2 Å². The summed E-state index contributed by atoms with van der Waals surface area (Å²) in [6.45, 7) is 8.82. The first-order valence-corrected chi connectivity index (χ1v) is 11.4. The van der Waals surface area contributed by atoms with Crippen molar-refractivity contribution in [3.8, 4) is 11.5 Å². The normalized spacial score (nSPS) is 10.7. The van der Waals surface area contributed by atoms with Gasteiger partial charge >= 0.3 is 0 Å². The maximum Gasteiger partial charge on any atom is 0.262 e. The number of carbonyl (C=O) groups excluding carboxylic acids is 1. The molecular weight excluding hydrogens is 436 g/mol. The molecule has 0 unspecified atom stereocenters. The second-order valence-electron chi connectivity index (χ2n) is 7.87. The van der Waals surface area contributed by atoms with Crippen LogP contribution >= 0.6 is 12.2 Å². The third-order valence-electron chi connectivity index (χ3n) is 4.97. The van der Waals surface area contributed by atoms with E-state index in [1.54, 1.807) is 37.5 Å². The van der Waals surface area contributed by atoms with Gasteiger partial charge in [0.1, 0.15) is 0 Å². The third-order valence-corrected chi connectivity index (χ3v) is 5.38. The van der Waals surface area contributed by atoms with E-state index < -0.39 is 0 Å².